The maximum Gasteiger partial charge on any atom is 0.303 e. The lowest BCUT2D eigenvalue weighted by atomic mass is 9.77. The number of piperidine rings is 1. The number of amidine groups is 1. The van der Waals surface area contributed by atoms with Gasteiger partial charge in [0, 0.05) is 44.4 Å². The minimum Gasteiger partial charge on any atom is -0.481 e. The van der Waals surface area contributed by atoms with Crippen molar-refractivity contribution in [2.75, 3.05) is 25.0 Å². The molecule has 30 heavy (non-hydrogen) atoms. The van der Waals surface area contributed by atoms with Crippen LogP contribution < -0.4 is 10.6 Å². The first kappa shape index (κ1) is 22.0. The van der Waals surface area contributed by atoms with Crippen LogP contribution in [0, 0.1) is 11.8 Å². The summed E-state index contributed by atoms with van der Waals surface area (Å²) in [4.78, 5) is 34.4. The molecule has 1 atom stereocenters. The second-order valence-corrected chi connectivity index (χ2v) is 8.19. The first-order valence-electron chi connectivity index (χ1n) is 10.8. The molecule has 1 unspecified atom stereocenters. The van der Waals surface area contributed by atoms with Crippen LogP contribution >= 0.6 is 0 Å². The molecule has 2 fully saturated rings. The molecule has 0 aromatic heterocycles. The van der Waals surface area contributed by atoms with Crippen LogP contribution in [0.3, 0.4) is 0 Å². The van der Waals surface area contributed by atoms with Gasteiger partial charge >= 0.3 is 5.97 Å². The van der Waals surface area contributed by atoms with E-state index < -0.39 is 11.9 Å². The van der Waals surface area contributed by atoms with Gasteiger partial charge in [-0.2, -0.15) is 0 Å². The number of nitrogens with two attached hydrogens (primary N) is 1. The molecule has 3 N–H and O–H groups in total. The summed E-state index contributed by atoms with van der Waals surface area (Å²) in [6.45, 7) is 3.17. The van der Waals surface area contributed by atoms with Gasteiger partial charge in [0.25, 0.3) is 0 Å². The number of hydrogen-bond acceptors (Lipinski definition) is 4. The number of rotatable bonds is 6. The molecule has 0 spiro atoms. The first-order chi connectivity index (χ1) is 14.4. The maximum absolute atomic E-state index is 13.2. The quantitative estimate of drug-likeness (QED) is 0.552. The topological polar surface area (TPSA) is 108 Å². The van der Waals surface area contributed by atoms with Crippen molar-refractivity contribution in [1.82, 2.24) is 0 Å². The Balaban J connectivity index is 1.70. The molecular formula is C23H32N4O3. The zero-order chi connectivity index (χ0) is 21.7. The summed E-state index contributed by atoms with van der Waals surface area (Å²) in [7, 11) is 1.60. The van der Waals surface area contributed by atoms with Gasteiger partial charge in [0.2, 0.25) is 5.91 Å². The number of carboxylic acid groups (broad SMARTS) is 1. The van der Waals surface area contributed by atoms with Gasteiger partial charge in [-0.3, -0.25) is 19.6 Å². The van der Waals surface area contributed by atoms with Crippen molar-refractivity contribution >= 4 is 29.1 Å². The Hall–Kier alpha value is -2.70. The molecule has 1 heterocycles. The highest BCUT2D eigenvalue weighted by molar-refractivity contribution is 6.26. The van der Waals surface area contributed by atoms with Crippen molar-refractivity contribution in [1.29, 1.82) is 0 Å². The monoisotopic (exact) mass is 412 g/mol. The number of benzene rings is 1. The van der Waals surface area contributed by atoms with E-state index in [1.807, 2.05) is 19.1 Å². The van der Waals surface area contributed by atoms with E-state index in [4.69, 9.17) is 10.8 Å². The molecule has 7 heteroatoms. The molecule has 1 amide bonds. The number of nitrogens with zero attached hydrogens (tertiary/aromatic N) is 3. The van der Waals surface area contributed by atoms with Gasteiger partial charge in [-0.15, -0.1) is 0 Å². The fourth-order valence-electron chi connectivity index (χ4n) is 4.71. The number of hydrogen-bond donors (Lipinski definition) is 2. The van der Waals surface area contributed by atoms with Crippen LogP contribution in [0.25, 0.3) is 0 Å². The molecule has 162 valence electrons. The number of carboxylic acids is 1. The van der Waals surface area contributed by atoms with Crippen LogP contribution in [0.15, 0.2) is 34.3 Å². The van der Waals surface area contributed by atoms with Crippen molar-refractivity contribution in [3.05, 3.63) is 29.8 Å². The molecule has 1 aromatic carbocycles. The third kappa shape index (κ3) is 4.89. The van der Waals surface area contributed by atoms with Gasteiger partial charge in [-0.25, -0.2) is 0 Å². The zero-order valence-corrected chi connectivity index (χ0v) is 17.9. The van der Waals surface area contributed by atoms with E-state index in [1.165, 1.54) is 5.56 Å². The molecule has 1 saturated carbocycles. The van der Waals surface area contributed by atoms with Crippen LogP contribution in [0.1, 0.15) is 56.9 Å². The van der Waals surface area contributed by atoms with Crippen molar-refractivity contribution in [2.45, 2.75) is 51.4 Å². The molecular weight excluding hydrogens is 380 g/mol. The molecule has 3 rings (SSSR count). The summed E-state index contributed by atoms with van der Waals surface area (Å²) < 4.78 is 0. The fraction of sp³-hybridized carbons (Fsp3) is 0.565. The lowest BCUT2D eigenvalue weighted by Crippen LogP contribution is -2.51. The maximum atomic E-state index is 13.2. The van der Waals surface area contributed by atoms with Gasteiger partial charge in [0.1, 0.15) is 11.8 Å². The fourth-order valence-corrected chi connectivity index (χ4v) is 4.71. The lowest BCUT2D eigenvalue weighted by molar-refractivity contribution is -0.138. The van der Waals surface area contributed by atoms with Crippen molar-refractivity contribution < 1.29 is 14.7 Å². The molecule has 0 radical (unpaired) electrons. The van der Waals surface area contributed by atoms with E-state index in [-0.39, 0.29) is 12.3 Å². The average molecular weight is 413 g/mol. The first-order valence-corrected chi connectivity index (χ1v) is 10.8. The van der Waals surface area contributed by atoms with Crippen LogP contribution in [-0.2, 0) is 9.59 Å². The molecule has 2 aliphatic rings. The second kappa shape index (κ2) is 9.87. The number of carbonyl (C=O) groups is 2. The highest BCUT2D eigenvalue weighted by atomic mass is 16.4. The zero-order valence-electron chi connectivity index (χ0n) is 17.9. The standard InChI is InChI=1S/C23H32N4O3/c1-3-26-19-12-13-27(23(30)21(19)22(24)25-2)18-10-8-17(9-11-18)16-6-4-15(5-7-16)14-20(28)29/h8-11,15-16,21H,3-7,12-14H2,1-2H3,(H2,24,25)(H,28,29). The Labute approximate surface area is 178 Å². The van der Waals surface area contributed by atoms with Gasteiger partial charge in [0.05, 0.1) is 0 Å². The number of anilines is 1. The smallest absolute Gasteiger partial charge is 0.303 e. The van der Waals surface area contributed by atoms with Gasteiger partial charge in [0.15, 0.2) is 0 Å². The van der Waals surface area contributed by atoms with Gasteiger partial charge in [-0.1, -0.05) is 12.1 Å². The minimum absolute atomic E-state index is 0.0709. The van der Waals surface area contributed by atoms with Crippen molar-refractivity contribution in [3.63, 3.8) is 0 Å². The Kier molecular flexibility index (Phi) is 7.24. The minimum atomic E-state index is -0.701. The number of aliphatic carboxylic acids is 1. The van der Waals surface area contributed by atoms with E-state index in [2.05, 4.69) is 22.1 Å². The molecule has 7 nitrogen and oxygen atoms in total. The predicted octanol–water partition coefficient (Wildman–Crippen LogP) is 3.24. The van der Waals surface area contributed by atoms with Crippen LogP contribution in [0.5, 0.6) is 0 Å². The molecule has 1 saturated heterocycles. The molecule has 1 aliphatic heterocycles. The third-order valence-electron chi connectivity index (χ3n) is 6.34. The highest BCUT2D eigenvalue weighted by Gasteiger charge is 2.37. The summed E-state index contributed by atoms with van der Waals surface area (Å²) >= 11 is 0. The number of aliphatic imine (C=N–C) groups is 2. The summed E-state index contributed by atoms with van der Waals surface area (Å²) in [5.41, 5.74) is 8.99. The van der Waals surface area contributed by atoms with Gasteiger partial charge < -0.3 is 15.7 Å². The summed E-state index contributed by atoms with van der Waals surface area (Å²) in [5, 5.41) is 8.98. The van der Waals surface area contributed by atoms with E-state index in [0.29, 0.717) is 37.2 Å². The highest BCUT2D eigenvalue weighted by Crippen LogP contribution is 2.37. The summed E-state index contributed by atoms with van der Waals surface area (Å²) in [6, 6.07) is 8.23. The van der Waals surface area contributed by atoms with E-state index in [9.17, 15) is 9.59 Å². The Morgan fingerprint density at radius 1 is 1.20 bits per heavy atom. The van der Waals surface area contributed by atoms with Crippen LogP contribution in [0.2, 0.25) is 0 Å². The van der Waals surface area contributed by atoms with Crippen LogP contribution in [-0.4, -0.2) is 48.7 Å². The molecule has 0 bridgehead atoms. The number of amides is 1. The van der Waals surface area contributed by atoms with E-state index >= 15 is 0 Å². The summed E-state index contributed by atoms with van der Waals surface area (Å²) in [6.07, 6.45) is 4.91. The predicted molar refractivity (Wildman–Crippen MR) is 119 cm³/mol. The Morgan fingerprint density at radius 3 is 2.43 bits per heavy atom. The SMILES string of the molecule is CCN=C1CCN(c2ccc(C3CCC(CC(=O)O)CC3)cc2)C(=O)C1C(N)=NC. The van der Waals surface area contributed by atoms with Gasteiger partial charge in [-0.05, 0) is 62.1 Å². The van der Waals surface area contributed by atoms with Crippen molar-refractivity contribution in [2.24, 2.45) is 27.6 Å². The van der Waals surface area contributed by atoms with E-state index in [0.717, 1.165) is 37.1 Å². The molecule has 1 aliphatic carbocycles. The van der Waals surface area contributed by atoms with E-state index in [1.54, 1.807) is 11.9 Å². The lowest BCUT2D eigenvalue weighted by Gasteiger charge is -2.33. The third-order valence-corrected chi connectivity index (χ3v) is 6.34. The summed E-state index contributed by atoms with van der Waals surface area (Å²) in [5.74, 6) is -0.281. The Bertz CT molecular complexity index is 823. The second-order valence-electron chi connectivity index (χ2n) is 8.19. The average Bonchev–Trinajstić information content (AvgIpc) is 2.74. The molecule has 1 aromatic rings. The number of carbonyl (C=O) groups excluding carboxylic acids is 1. The Morgan fingerprint density at radius 2 is 1.87 bits per heavy atom. The largest absolute Gasteiger partial charge is 0.481 e. The normalized spacial score (nSPS) is 26.8. The van der Waals surface area contributed by atoms with Crippen molar-refractivity contribution in [3.8, 4) is 0 Å². The van der Waals surface area contributed by atoms with Crippen LogP contribution in [0.4, 0.5) is 5.69 Å².